The molecule has 156 valence electrons. The Morgan fingerprint density at radius 2 is 1.84 bits per heavy atom. The van der Waals surface area contributed by atoms with Gasteiger partial charge in [0.2, 0.25) is 0 Å². The fourth-order valence-electron chi connectivity index (χ4n) is 2.80. The molecule has 0 bridgehead atoms. The molecule has 4 aromatic rings. The Balaban J connectivity index is 1.48. The maximum atomic E-state index is 12.7. The van der Waals surface area contributed by atoms with Crippen LogP contribution in [0, 0.1) is 6.92 Å². The lowest BCUT2D eigenvalue weighted by Crippen LogP contribution is -2.15. The number of thiazole rings is 1. The molecular formula is C22H18N4O3S2. The largest absolute Gasteiger partial charge is 0.298 e. The molecule has 1 amide bonds. The first-order chi connectivity index (χ1) is 14.9. The Bertz CT molecular complexity index is 1320. The number of hydrogen-bond acceptors (Lipinski definition) is 6. The van der Waals surface area contributed by atoms with Crippen LogP contribution in [0.5, 0.6) is 0 Å². The third kappa shape index (κ3) is 4.96. The van der Waals surface area contributed by atoms with E-state index in [9.17, 15) is 13.2 Å². The van der Waals surface area contributed by atoms with E-state index in [4.69, 9.17) is 0 Å². The van der Waals surface area contributed by atoms with Gasteiger partial charge < -0.3 is 0 Å². The van der Waals surface area contributed by atoms with Gasteiger partial charge in [0.15, 0.2) is 5.13 Å². The Kier molecular flexibility index (Phi) is 5.79. The van der Waals surface area contributed by atoms with Crippen molar-refractivity contribution in [2.24, 2.45) is 0 Å². The minimum atomic E-state index is -3.76. The van der Waals surface area contributed by atoms with Crippen LogP contribution in [-0.2, 0) is 10.0 Å². The molecular weight excluding hydrogens is 432 g/mol. The van der Waals surface area contributed by atoms with Gasteiger partial charge in [-0.25, -0.2) is 13.4 Å². The standard InChI is InChI=1S/C22H18N4O3S2/c1-15-7-9-19(10-8-15)31(28,29)26-18-6-2-4-16(12-18)21(27)25-22-24-20(14-30-22)17-5-3-11-23-13-17/h2-14,26H,1H3,(H,24,25,27). The molecule has 0 fully saturated rings. The van der Waals surface area contributed by atoms with Gasteiger partial charge in [0.05, 0.1) is 10.6 Å². The van der Waals surface area contributed by atoms with E-state index < -0.39 is 10.0 Å². The van der Waals surface area contributed by atoms with Crippen LogP contribution in [0.25, 0.3) is 11.3 Å². The highest BCUT2D eigenvalue weighted by atomic mass is 32.2. The number of anilines is 2. The number of carbonyl (C=O) groups is 1. The molecule has 0 spiro atoms. The SMILES string of the molecule is Cc1ccc(S(=O)(=O)Nc2cccc(C(=O)Nc3nc(-c4cccnc4)cs3)c2)cc1. The minimum Gasteiger partial charge on any atom is -0.298 e. The molecule has 0 radical (unpaired) electrons. The monoisotopic (exact) mass is 450 g/mol. The summed E-state index contributed by atoms with van der Waals surface area (Å²) in [5.41, 5.74) is 3.14. The Hall–Kier alpha value is -3.56. The number of sulfonamides is 1. The van der Waals surface area contributed by atoms with Gasteiger partial charge in [-0.05, 0) is 49.4 Å². The molecule has 2 N–H and O–H groups in total. The highest BCUT2D eigenvalue weighted by Gasteiger charge is 2.16. The van der Waals surface area contributed by atoms with Crippen LogP contribution in [0.3, 0.4) is 0 Å². The van der Waals surface area contributed by atoms with Crippen molar-refractivity contribution in [1.82, 2.24) is 9.97 Å². The number of nitrogens with zero attached hydrogens (tertiary/aromatic N) is 2. The van der Waals surface area contributed by atoms with Crippen LogP contribution >= 0.6 is 11.3 Å². The molecule has 2 aromatic carbocycles. The van der Waals surface area contributed by atoms with Crippen molar-refractivity contribution in [2.75, 3.05) is 10.0 Å². The van der Waals surface area contributed by atoms with Crippen LogP contribution in [0.2, 0.25) is 0 Å². The third-order valence-corrected chi connectivity index (χ3v) is 6.55. The van der Waals surface area contributed by atoms with E-state index in [2.05, 4.69) is 20.0 Å². The molecule has 0 atom stereocenters. The van der Waals surface area contributed by atoms with Gasteiger partial charge in [-0.15, -0.1) is 11.3 Å². The first-order valence-corrected chi connectivity index (χ1v) is 11.6. The molecule has 4 rings (SSSR count). The first-order valence-electron chi connectivity index (χ1n) is 9.27. The number of hydrogen-bond donors (Lipinski definition) is 2. The van der Waals surface area contributed by atoms with Crippen molar-refractivity contribution in [1.29, 1.82) is 0 Å². The average Bonchev–Trinajstić information content (AvgIpc) is 3.23. The predicted octanol–water partition coefficient (Wildman–Crippen LogP) is 4.57. The molecule has 0 aliphatic rings. The van der Waals surface area contributed by atoms with Gasteiger partial charge in [-0.1, -0.05) is 23.8 Å². The fourth-order valence-corrected chi connectivity index (χ4v) is 4.57. The van der Waals surface area contributed by atoms with E-state index in [-0.39, 0.29) is 10.8 Å². The fraction of sp³-hybridized carbons (Fsp3) is 0.0455. The lowest BCUT2D eigenvalue weighted by atomic mass is 10.2. The molecule has 0 saturated heterocycles. The zero-order valence-electron chi connectivity index (χ0n) is 16.4. The molecule has 0 aliphatic carbocycles. The number of rotatable bonds is 6. The number of aromatic nitrogens is 2. The van der Waals surface area contributed by atoms with Crippen molar-refractivity contribution >= 4 is 38.1 Å². The topological polar surface area (TPSA) is 101 Å². The summed E-state index contributed by atoms with van der Waals surface area (Å²) in [7, 11) is -3.76. The number of aryl methyl sites for hydroxylation is 1. The lowest BCUT2D eigenvalue weighted by Gasteiger charge is -2.10. The number of benzene rings is 2. The van der Waals surface area contributed by atoms with Gasteiger partial charge >= 0.3 is 0 Å². The maximum absolute atomic E-state index is 12.7. The molecule has 31 heavy (non-hydrogen) atoms. The van der Waals surface area contributed by atoms with E-state index in [1.165, 1.54) is 29.5 Å². The van der Waals surface area contributed by atoms with Crippen molar-refractivity contribution < 1.29 is 13.2 Å². The zero-order chi connectivity index (χ0) is 21.8. The van der Waals surface area contributed by atoms with Crippen LogP contribution in [0.1, 0.15) is 15.9 Å². The normalized spacial score (nSPS) is 11.1. The summed E-state index contributed by atoms with van der Waals surface area (Å²) in [5.74, 6) is -0.386. The van der Waals surface area contributed by atoms with Crippen LogP contribution in [0.4, 0.5) is 10.8 Å². The van der Waals surface area contributed by atoms with Crippen molar-refractivity contribution in [3.05, 3.63) is 89.6 Å². The van der Waals surface area contributed by atoms with Gasteiger partial charge in [-0.2, -0.15) is 0 Å². The third-order valence-electron chi connectivity index (χ3n) is 4.39. The molecule has 0 saturated carbocycles. The first kappa shape index (κ1) is 20.7. The molecule has 2 aromatic heterocycles. The van der Waals surface area contributed by atoms with Gasteiger partial charge in [-0.3, -0.25) is 19.8 Å². The highest BCUT2D eigenvalue weighted by Crippen LogP contribution is 2.25. The lowest BCUT2D eigenvalue weighted by molar-refractivity contribution is 0.102. The molecule has 0 aliphatic heterocycles. The van der Waals surface area contributed by atoms with Gasteiger partial charge in [0, 0.05) is 34.6 Å². The second-order valence-electron chi connectivity index (χ2n) is 6.73. The summed E-state index contributed by atoms with van der Waals surface area (Å²) >= 11 is 1.30. The summed E-state index contributed by atoms with van der Waals surface area (Å²) in [6.45, 7) is 1.88. The molecule has 0 unspecified atom stereocenters. The highest BCUT2D eigenvalue weighted by molar-refractivity contribution is 7.92. The summed E-state index contributed by atoms with van der Waals surface area (Å²) in [4.78, 5) is 21.3. The van der Waals surface area contributed by atoms with Gasteiger partial charge in [0.1, 0.15) is 0 Å². The average molecular weight is 451 g/mol. The zero-order valence-corrected chi connectivity index (χ0v) is 18.1. The maximum Gasteiger partial charge on any atom is 0.261 e. The van der Waals surface area contributed by atoms with Gasteiger partial charge in [0.25, 0.3) is 15.9 Å². The molecule has 9 heteroatoms. The van der Waals surface area contributed by atoms with E-state index in [0.29, 0.717) is 22.1 Å². The summed E-state index contributed by atoms with van der Waals surface area (Å²) in [6, 6.07) is 16.5. The smallest absolute Gasteiger partial charge is 0.261 e. The quantitative estimate of drug-likeness (QED) is 0.448. The summed E-state index contributed by atoms with van der Waals surface area (Å²) in [6.07, 6.45) is 3.38. The van der Waals surface area contributed by atoms with Crippen LogP contribution in [0.15, 0.2) is 83.3 Å². The predicted molar refractivity (Wildman–Crippen MR) is 122 cm³/mol. The van der Waals surface area contributed by atoms with E-state index in [1.54, 1.807) is 42.7 Å². The number of amides is 1. The van der Waals surface area contributed by atoms with Crippen LogP contribution in [-0.4, -0.2) is 24.3 Å². The minimum absolute atomic E-state index is 0.152. The van der Waals surface area contributed by atoms with Crippen molar-refractivity contribution in [3.8, 4) is 11.3 Å². The second kappa shape index (κ2) is 8.66. The number of carbonyl (C=O) groups excluding carboxylic acids is 1. The van der Waals surface area contributed by atoms with E-state index >= 15 is 0 Å². The van der Waals surface area contributed by atoms with E-state index in [1.807, 2.05) is 24.4 Å². The Morgan fingerprint density at radius 1 is 1.03 bits per heavy atom. The Morgan fingerprint density at radius 3 is 2.58 bits per heavy atom. The summed E-state index contributed by atoms with van der Waals surface area (Å²) in [5, 5.41) is 5.02. The van der Waals surface area contributed by atoms with Crippen LogP contribution < -0.4 is 10.0 Å². The van der Waals surface area contributed by atoms with Crippen molar-refractivity contribution in [2.45, 2.75) is 11.8 Å². The molecule has 2 heterocycles. The number of nitrogens with one attached hydrogen (secondary N) is 2. The Labute approximate surface area is 183 Å². The second-order valence-corrected chi connectivity index (χ2v) is 9.27. The summed E-state index contributed by atoms with van der Waals surface area (Å²) < 4.78 is 27.7. The number of pyridine rings is 1. The molecule has 7 nitrogen and oxygen atoms in total. The van der Waals surface area contributed by atoms with Crippen molar-refractivity contribution in [3.63, 3.8) is 0 Å². The van der Waals surface area contributed by atoms with E-state index in [0.717, 1.165) is 11.1 Å².